The van der Waals surface area contributed by atoms with E-state index in [1.807, 2.05) is 36.4 Å². The Morgan fingerprint density at radius 1 is 1.16 bits per heavy atom. The lowest BCUT2D eigenvalue weighted by Crippen LogP contribution is -2.50. The number of aromatic amines is 1. The van der Waals surface area contributed by atoms with Crippen LogP contribution < -0.4 is 5.32 Å². The molecule has 2 heterocycles. The number of benzene rings is 2. The van der Waals surface area contributed by atoms with E-state index in [1.165, 1.54) is 5.56 Å². The highest BCUT2D eigenvalue weighted by atomic mass is 35.5. The zero-order valence-electron chi connectivity index (χ0n) is 17.4. The van der Waals surface area contributed by atoms with Gasteiger partial charge in [0.1, 0.15) is 0 Å². The summed E-state index contributed by atoms with van der Waals surface area (Å²) in [5.41, 5.74) is 4.04. The molecule has 158 valence electrons. The number of amides is 2. The molecule has 31 heavy (non-hydrogen) atoms. The molecule has 0 unspecified atom stereocenters. The molecule has 0 atom stereocenters. The van der Waals surface area contributed by atoms with Crippen LogP contribution in [0.25, 0.3) is 10.9 Å². The third-order valence-corrected chi connectivity index (χ3v) is 5.92. The van der Waals surface area contributed by atoms with Gasteiger partial charge in [-0.2, -0.15) is 0 Å². The van der Waals surface area contributed by atoms with Gasteiger partial charge in [0, 0.05) is 55.0 Å². The number of hydrogen-bond donors (Lipinski definition) is 2. The van der Waals surface area contributed by atoms with Crippen LogP contribution in [0.1, 0.15) is 30.0 Å². The predicted molar refractivity (Wildman–Crippen MR) is 123 cm³/mol. The molecule has 0 spiro atoms. The van der Waals surface area contributed by atoms with Gasteiger partial charge in [0.2, 0.25) is 5.91 Å². The number of hydrogen-bond acceptors (Lipinski definition) is 2. The van der Waals surface area contributed by atoms with Crippen LogP contribution in [0, 0.1) is 17.8 Å². The summed E-state index contributed by atoms with van der Waals surface area (Å²) in [6.45, 7) is 3.66. The summed E-state index contributed by atoms with van der Waals surface area (Å²) in [5.74, 6) is 5.50. The topological polar surface area (TPSA) is 65.2 Å². The molecule has 1 saturated heterocycles. The largest absolute Gasteiger partial charge is 0.360 e. The number of halogens is 1. The lowest BCUT2D eigenvalue weighted by Gasteiger charge is -2.37. The molecular weight excluding hydrogens is 410 g/mol. The van der Waals surface area contributed by atoms with Gasteiger partial charge in [-0.25, -0.2) is 0 Å². The fourth-order valence-corrected chi connectivity index (χ4v) is 4.17. The number of nitrogens with zero attached hydrogens (tertiary/aromatic N) is 1. The highest BCUT2D eigenvalue weighted by molar-refractivity contribution is 6.36. The molecule has 1 aliphatic rings. The Balaban J connectivity index is 1.27. The molecule has 1 aliphatic heterocycles. The van der Waals surface area contributed by atoms with Crippen LogP contribution in [0.2, 0.25) is 5.02 Å². The van der Waals surface area contributed by atoms with Crippen molar-refractivity contribution in [1.29, 1.82) is 0 Å². The number of carbonyl (C=O) groups is 2. The van der Waals surface area contributed by atoms with Gasteiger partial charge in [-0.3, -0.25) is 9.59 Å². The average Bonchev–Trinajstić information content (AvgIpc) is 3.15. The van der Waals surface area contributed by atoms with Gasteiger partial charge in [-0.1, -0.05) is 54.8 Å². The Morgan fingerprint density at radius 2 is 1.90 bits per heavy atom. The maximum Gasteiger partial charge on any atom is 0.298 e. The molecule has 1 aromatic heterocycles. The van der Waals surface area contributed by atoms with Crippen LogP contribution >= 0.6 is 11.6 Å². The highest BCUT2D eigenvalue weighted by Crippen LogP contribution is 2.29. The van der Waals surface area contributed by atoms with Gasteiger partial charge in [0.15, 0.2) is 0 Å². The summed E-state index contributed by atoms with van der Waals surface area (Å²) in [7, 11) is 0. The molecule has 0 bridgehead atoms. The fourth-order valence-electron chi connectivity index (χ4n) is 3.90. The third-order valence-electron chi connectivity index (χ3n) is 5.62. The highest BCUT2D eigenvalue weighted by Gasteiger charge is 2.31. The molecule has 0 aliphatic carbocycles. The van der Waals surface area contributed by atoms with Crippen LogP contribution in [0.15, 0.2) is 48.7 Å². The quantitative estimate of drug-likeness (QED) is 0.599. The minimum absolute atomic E-state index is 0.0214. The molecule has 0 saturated carbocycles. The minimum Gasteiger partial charge on any atom is -0.360 e. The number of rotatable bonds is 5. The van der Waals surface area contributed by atoms with E-state index in [0.717, 1.165) is 28.5 Å². The molecule has 2 amide bonds. The minimum atomic E-state index is -0.194. The second-order valence-electron chi connectivity index (χ2n) is 7.80. The van der Waals surface area contributed by atoms with Gasteiger partial charge in [-0.05, 0) is 29.7 Å². The van der Waals surface area contributed by atoms with E-state index < -0.39 is 0 Å². The molecule has 1 fully saturated rings. The molecule has 6 heteroatoms. The number of aromatic nitrogens is 1. The van der Waals surface area contributed by atoms with E-state index in [4.69, 9.17) is 11.6 Å². The van der Waals surface area contributed by atoms with E-state index in [9.17, 15) is 9.59 Å². The van der Waals surface area contributed by atoms with Crippen LogP contribution in [-0.4, -0.2) is 34.8 Å². The van der Waals surface area contributed by atoms with E-state index in [1.54, 1.807) is 11.1 Å². The first-order chi connectivity index (χ1) is 15.0. The lowest BCUT2D eigenvalue weighted by molar-refractivity contribution is -0.134. The molecule has 2 aromatic carbocycles. The fraction of sp³-hybridized carbons (Fsp3) is 0.280. The van der Waals surface area contributed by atoms with Crippen molar-refractivity contribution < 1.29 is 9.59 Å². The van der Waals surface area contributed by atoms with Crippen molar-refractivity contribution in [1.82, 2.24) is 15.2 Å². The van der Waals surface area contributed by atoms with Crippen molar-refractivity contribution in [3.63, 3.8) is 0 Å². The number of aryl methyl sites for hydroxylation is 1. The van der Waals surface area contributed by atoms with Crippen molar-refractivity contribution in [2.45, 2.75) is 26.3 Å². The molecular formula is C25H24ClN3O2. The Bertz CT molecular complexity index is 1170. The second-order valence-corrected chi connectivity index (χ2v) is 8.20. The zero-order valence-corrected chi connectivity index (χ0v) is 18.1. The first kappa shape index (κ1) is 21.0. The van der Waals surface area contributed by atoms with Crippen molar-refractivity contribution in [2.24, 2.45) is 5.92 Å². The summed E-state index contributed by atoms with van der Waals surface area (Å²) in [6, 6.07) is 13.5. The molecule has 2 N–H and O–H groups in total. The maximum atomic E-state index is 12.4. The summed E-state index contributed by atoms with van der Waals surface area (Å²) in [5, 5.41) is 4.63. The number of H-pyrrole nitrogens is 1. The first-order valence-electron chi connectivity index (χ1n) is 10.4. The van der Waals surface area contributed by atoms with Crippen LogP contribution in [0.4, 0.5) is 0 Å². The number of likely N-dealkylation sites (tertiary alicyclic amines) is 1. The first-order valence-corrected chi connectivity index (χ1v) is 10.8. The Labute approximate surface area is 186 Å². The standard InChI is InChI=1S/C25H24ClN3O2/c1-2-19-9-10-20(24-21(26)14-28-25(19)24)13-27-22(30)12-18-15-29(16-18)23(31)11-8-17-6-4-3-5-7-17/h3-7,9-10,14,18,28H,2,12-13,15-16H2,1H3,(H,27,30). The summed E-state index contributed by atoms with van der Waals surface area (Å²) < 4.78 is 0. The Morgan fingerprint density at radius 3 is 2.65 bits per heavy atom. The number of nitrogens with one attached hydrogen (secondary N) is 2. The van der Waals surface area contributed by atoms with Crippen LogP contribution in [0.3, 0.4) is 0 Å². The van der Waals surface area contributed by atoms with E-state index in [2.05, 4.69) is 35.1 Å². The van der Waals surface area contributed by atoms with E-state index >= 15 is 0 Å². The smallest absolute Gasteiger partial charge is 0.298 e. The van der Waals surface area contributed by atoms with Gasteiger partial charge >= 0.3 is 0 Å². The monoisotopic (exact) mass is 433 g/mol. The maximum absolute atomic E-state index is 12.4. The summed E-state index contributed by atoms with van der Waals surface area (Å²) >= 11 is 6.36. The van der Waals surface area contributed by atoms with E-state index in [0.29, 0.717) is 31.1 Å². The van der Waals surface area contributed by atoms with E-state index in [-0.39, 0.29) is 17.7 Å². The van der Waals surface area contributed by atoms with Crippen molar-refractivity contribution in [2.75, 3.05) is 13.1 Å². The Kier molecular flexibility index (Phi) is 6.29. The second kappa shape index (κ2) is 9.28. The molecule has 4 rings (SSSR count). The third kappa shape index (κ3) is 4.76. The Hall–Kier alpha value is -3.23. The van der Waals surface area contributed by atoms with Crippen molar-refractivity contribution in [3.8, 4) is 11.8 Å². The van der Waals surface area contributed by atoms with Gasteiger partial charge < -0.3 is 15.2 Å². The molecule has 5 nitrogen and oxygen atoms in total. The predicted octanol–water partition coefficient (Wildman–Crippen LogP) is 3.90. The number of carbonyl (C=O) groups excluding carboxylic acids is 2. The van der Waals surface area contributed by atoms with Gasteiger partial charge in [-0.15, -0.1) is 0 Å². The average molecular weight is 434 g/mol. The van der Waals surface area contributed by atoms with Gasteiger partial charge in [0.25, 0.3) is 5.91 Å². The van der Waals surface area contributed by atoms with Gasteiger partial charge in [0.05, 0.1) is 10.5 Å². The van der Waals surface area contributed by atoms with Crippen LogP contribution in [-0.2, 0) is 22.6 Å². The summed E-state index contributed by atoms with van der Waals surface area (Å²) in [6.07, 6.45) is 3.09. The molecule has 0 radical (unpaired) electrons. The normalized spacial score (nSPS) is 13.4. The zero-order chi connectivity index (χ0) is 21.8. The number of fused-ring (bicyclic) bond motifs is 1. The SMILES string of the molecule is CCc1ccc(CNC(=O)CC2CN(C(=O)C#Cc3ccccc3)C2)c2c(Cl)c[nH]c12. The van der Waals surface area contributed by atoms with Crippen molar-refractivity contribution in [3.05, 3.63) is 70.4 Å². The van der Waals surface area contributed by atoms with Crippen LogP contribution in [0.5, 0.6) is 0 Å². The van der Waals surface area contributed by atoms with Crippen molar-refractivity contribution >= 4 is 34.3 Å². The molecule has 3 aromatic rings. The lowest BCUT2D eigenvalue weighted by atomic mass is 9.95. The summed E-state index contributed by atoms with van der Waals surface area (Å²) in [4.78, 5) is 29.5.